The third-order valence-corrected chi connectivity index (χ3v) is 12.1. The second-order valence-electron chi connectivity index (χ2n) is 6.40. The Morgan fingerprint density at radius 1 is 0.900 bits per heavy atom. The molecule has 0 saturated carbocycles. The fraction of sp³-hybridized carbons (Fsp3) is 0.625. The van der Waals surface area contributed by atoms with Gasteiger partial charge in [-0.3, -0.25) is 0 Å². The van der Waals surface area contributed by atoms with Crippen LogP contribution in [-0.4, -0.2) is 8.32 Å². The standard InChI is InChI=1S/C16H26Br2OSi/c1-10(2)20(11(3)4,12(5)6)19-15-9-8-14(17)13(7)16(15)18/h8-12H,1-7H3. The predicted molar refractivity (Wildman–Crippen MR) is 98.3 cm³/mol. The number of rotatable bonds is 5. The lowest BCUT2D eigenvalue weighted by Gasteiger charge is -2.42. The normalized spacial score (nSPS) is 12.6. The van der Waals surface area contributed by atoms with Crippen molar-refractivity contribution in [2.45, 2.75) is 65.1 Å². The topological polar surface area (TPSA) is 9.23 Å². The van der Waals surface area contributed by atoms with Gasteiger partial charge in [0.1, 0.15) is 5.75 Å². The zero-order valence-corrected chi connectivity index (χ0v) is 17.7. The van der Waals surface area contributed by atoms with Gasteiger partial charge in [-0.1, -0.05) is 57.5 Å². The van der Waals surface area contributed by atoms with Gasteiger partial charge in [-0.05, 0) is 57.2 Å². The average Bonchev–Trinajstić information content (AvgIpc) is 2.34. The monoisotopic (exact) mass is 420 g/mol. The van der Waals surface area contributed by atoms with Gasteiger partial charge < -0.3 is 4.43 Å². The molecule has 0 aromatic heterocycles. The highest BCUT2D eigenvalue weighted by molar-refractivity contribution is 9.11. The molecule has 0 aliphatic rings. The molecule has 0 aliphatic heterocycles. The molecule has 0 radical (unpaired) electrons. The first-order valence-corrected chi connectivity index (χ1v) is 11.0. The maximum Gasteiger partial charge on any atom is 0.258 e. The Morgan fingerprint density at radius 2 is 1.35 bits per heavy atom. The summed E-state index contributed by atoms with van der Waals surface area (Å²) in [4.78, 5) is 0. The molecule has 114 valence electrons. The van der Waals surface area contributed by atoms with E-state index in [4.69, 9.17) is 4.43 Å². The van der Waals surface area contributed by atoms with Crippen LogP contribution in [0.25, 0.3) is 0 Å². The average molecular weight is 422 g/mol. The minimum atomic E-state index is -1.89. The molecule has 4 heteroatoms. The molecule has 0 saturated heterocycles. The number of hydrogen-bond acceptors (Lipinski definition) is 1. The summed E-state index contributed by atoms with van der Waals surface area (Å²) in [6.07, 6.45) is 0. The molecule has 1 aromatic rings. The van der Waals surface area contributed by atoms with Crippen LogP contribution in [0.3, 0.4) is 0 Å². The molecular formula is C16H26Br2OSi. The Labute approximate surface area is 141 Å². The van der Waals surface area contributed by atoms with Crippen LogP contribution in [0.5, 0.6) is 5.75 Å². The maximum atomic E-state index is 6.72. The summed E-state index contributed by atoms with van der Waals surface area (Å²) >= 11 is 7.27. The second-order valence-corrected chi connectivity index (χ2v) is 13.4. The van der Waals surface area contributed by atoms with Crippen LogP contribution in [0, 0.1) is 6.92 Å². The quantitative estimate of drug-likeness (QED) is 0.461. The lowest BCUT2D eigenvalue weighted by Crippen LogP contribution is -2.50. The highest BCUT2D eigenvalue weighted by Crippen LogP contribution is 2.45. The largest absolute Gasteiger partial charge is 0.542 e. The smallest absolute Gasteiger partial charge is 0.258 e. The van der Waals surface area contributed by atoms with Gasteiger partial charge in [-0.15, -0.1) is 0 Å². The van der Waals surface area contributed by atoms with E-state index in [2.05, 4.69) is 92.5 Å². The molecule has 1 rings (SSSR count). The van der Waals surface area contributed by atoms with Crippen LogP contribution in [0.2, 0.25) is 16.6 Å². The van der Waals surface area contributed by atoms with Crippen LogP contribution >= 0.6 is 31.9 Å². The van der Waals surface area contributed by atoms with Crippen molar-refractivity contribution in [1.29, 1.82) is 0 Å². The first-order valence-electron chi connectivity index (χ1n) is 7.28. The van der Waals surface area contributed by atoms with E-state index in [0.717, 1.165) is 14.7 Å². The van der Waals surface area contributed by atoms with Gasteiger partial charge in [0.2, 0.25) is 0 Å². The Bertz CT molecular complexity index is 448. The van der Waals surface area contributed by atoms with E-state index >= 15 is 0 Å². The first kappa shape index (κ1) is 18.2. The highest BCUT2D eigenvalue weighted by atomic mass is 79.9. The Kier molecular flexibility index (Phi) is 6.36. The molecular weight excluding hydrogens is 396 g/mol. The number of benzene rings is 1. The maximum absolute atomic E-state index is 6.72. The minimum absolute atomic E-state index is 0.582. The molecule has 0 heterocycles. The highest BCUT2D eigenvalue weighted by Gasteiger charge is 2.47. The van der Waals surface area contributed by atoms with Crippen LogP contribution in [0.4, 0.5) is 0 Å². The SMILES string of the molecule is Cc1c(Br)ccc(O[Si](C(C)C)(C(C)C)C(C)C)c1Br. The number of hydrogen-bond donors (Lipinski definition) is 0. The van der Waals surface area contributed by atoms with Gasteiger partial charge in [0.25, 0.3) is 8.32 Å². The second kappa shape index (κ2) is 6.97. The van der Waals surface area contributed by atoms with Crippen LogP contribution in [0.1, 0.15) is 47.1 Å². The molecule has 20 heavy (non-hydrogen) atoms. The minimum Gasteiger partial charge on any atom is -0.542 e. The van der Waals surface area contributed by atoms with Gasteiger partial charge >= 0.3 is 0 Å². The van der Waals surface area contributed by atoms with Crippen molar-refractivity contribution < 1.29 is 4.43 Å². The summed E-state index contributed by atoms with van der Waals surface area (Å²) in [7, 11) is -1.89. The molecule has 0 N–H and O–H groups in total. The van der Waals surface area contributed by atoms with E-state index in [0.29, 0.717) is 16.6 Å². The van der Waals surface area contributed by atoms with Gasteiger partial charge in [-0.2, -0.15) is 0 Å². The molecule has 0 aliphatic carbocycles. The Hall–Kier alpha value is 0.197. The van der Waals surface area contributed by atoms with Crippen LogP contribution in [0.15, 0.2) is 21.1 Å². The van der Waals surface area contributed by atoms with Crippen LogP contribution in [-0.2, 0) is 0 Å². The summed E-state index contributed by atoms with van der Waals surface area (Å²) in [6.45, 7) is 16.0. The molecule has 0 atom stereocenters. The van der Waals surface area contributed by atoms with E-state index in [9.17, 15) is 0 Å². The van der Waals surface area contributed by atoms with Crippen molar-refractivity contribution >= 4 is 40.2 Å². The third kappa shape index (κ3) is 3.33. The van der Waals surface area contributed by atoms with Gasteiger partial charge in [0, 0.05) is 4.47 Å². The molecule has 0 bridgehead atoms. The lowest BCUT2D eigenvalue weighted by molar-refractivity contribution is 0.477. The van der Waals surface area contributed by atoms with Crippen molar-refractivity contribution in [2.24, 2.45) is 0 Å². The molecule has 1 nitrogen and oxygen atoms in total. The van der Waals surface area contributed by atoms with Gasteiger partial charge in [0.15, 0.2) is 0 Å². The summed E-state index contributed by atoms with van der Waals surface area (Å²) in [6, 6.07) is 4.16. The van der Waals surface area contributed by atoms with Crippen molar-refractivity contribution in [3.05, 3.63) is 26.6 Å². The molecule has 0 unspecified atom stereocenters. The van der Waals surface area contributed by atoms with Crippen molar-refractivity contribution in [3.8, 4) is 5.75 Å². The molecule has 0 spiro atoms. The Balaban J connectivity index is 3.31. The fourth-order valence-corrected chi connectivity index (χ4v) is 9.69. The predicted octanol–water partition coefficient (Wildman–Crippen LogP) is 7.07. The van der Waals surface area contributed by atoms with Gasteiger partial charge in [0.05, 0.1) is 4.47 Å². The molecule has 1 aromatic carbocycles. The third-order valence-electron chi connectivity index (χ3n) is 4.28. The van der Waals surface area contributed by atoms with Crippen molar-refractivity contribution in [3.63, 3.8) is 0 Å². The lowest BCUT2D eigenvalue weighted by atomic mass is 10.2. The van der Waals surface area contributed by atoms with E-state index < -0.39 is 8.32 Å². The summed E-state index contributed by atoms with van der Waals surface area (Å²) in [5, 5.41) is 0. The summed E-state index contributed by atoms with van der Waals surface area (Å²) in [5.74, 6) is 0.994. The van der Waals surface area contributed by atoms with Crippen molar-refractivity contribution in [1.82, 2.24) is 0 Å². The summed E-state index contributed by atoms with van der Waals surface area (Å²) < 4.78 is 8.91. The van der Waals surface area contributed by atoms with E-state index in [1.165, 1.54) is 5.56 Å². The number of halogens is 2. The van der Waals surface area contributed by atoms with E-state index in [-0.39, 0.29) is 0 Å². The Morgan fingerprint density at radius 3 is 1.75 bits per heavy atom. The van der Waals surface area contributed by atoms with Gasteiger partial charge in [-0.25, -0.2) is 0 Å². The molecule has 0 fully saturated rings. The molecule has 0 amide bonds. The zero-order valence-electron chi connectivity index (χ0n) is 13.6. The fourth-order valence-electron chi connectivity index (χ4n) is 3.26. The van der Waals surface area contributed by atoms with Crippen LogP contribution < -0.4 is 4.43 Å². The van der Waals surface area contributed by atoms with E-state index in [1.807, 2.05) is 0 Å². The first-order chi connectivity index (χ1) is 9.14. The van der Waals surface area contributed by atoms with Crippen molar-refractivity contribution in [2.75, 3.05) is 0 Å². The van der Waals surface area contributed by atoms with E-state index in [1.54, 1.807) is 0 Å². The summed E-state index contributed by atoms with van der Waals surface area (Å²) in [5.41, 5.74) is 2.94. The zero-order chi connectivity index (χ0) is 15.7.